The topological polar surface area (TPSA) is 56.7 Å². The molecule has 1 rings (SSSR count). The molecule has 6 heteroatoms. The van der Waals surface area contributed by atoms with Gasteiger partial charge in [0, 0.05) is 40.7 Å². The molecular weight excluding hydrogens is 391 g/mol. The van der Waals surface area contributed by atoms with E-state index in [4.69, 9.17) is 0 Å². The normalized spacial score (nSPS) is 16.5. The maximum Gasteiger partial charge on any atom is 0.223 e. The minimum atomic E-state index is 0. The molecule has 0 aromatic heterocycles. The molecule has 130 valence electrons. The van der Waals surface area contributed by atoms with Gasteiger partial charge in [-0.3, -0.25) is 9.79 Å². The first-order valence-corrected chi connectivity index (χ1v) is 8.03. The first kappa shape index (κ1) is 21.5. The third kappa shape index (κ3) is 7.15. The Morgan fingerprint density at radius 3 is 2.32 bits per heavy atom. The maximum atomic E-state index is 11.5. The molecule has 22 heavy (non-hydrogen) atoms. The van der Waals surface area contributed by atoms with Crippen LogP contribution in [0.1, 0.15) is 46.0 Å². The summed E-state index contributed by atoms with van der Waals surface area (Å²) in [6, 6.07) is 0. The van der Waals surface area contributed by atoms with Crippen LogP contribution in [0.25, 0.3) is 0 Å². The molecule has 0 aromatic carbocycles. The number of carbonyl (C=O) groups excluding carboxylic acids is 1. The minimum Gasteiger partial charge on any atom is -0.356 e. The van der Waals surface area contributed by atoms with E-state index in [-0.39, 0.29) is 29.9 Å². The molecule has 1 saturated carbocycles. The van der Waals surface area contributed by atoms with Gasteiger partial charge in [-0.2, -0.15) is 0 Å². The fraction of sp³-hybridized carbons (Fsp3) is 0.875. The summed E-state index contributed by atoms with van der Waals surface area (Å²) in [7, 11) is 5.34. The van der Waals surface area contributed by atoms with Crippen LogP contribution < -0.4 is 10.6 Å². The van der Waals surface area contributed by atoms with Gasteiger partial charge in [-0.15, -0.1) is 24.0 Å². The molecule has 0 bridgehead atoms. The van der Waals surface area contributed by atoms with E-state index in [9.17, 15) is 4.79 Å². The predicted octanol–water partition coefficient (Wildman–Crippen LogP) is 2.46. The van der Waals surface area contributed by atoms with Crippen molar-refractivity contribution in [1.82, 2.24) is 15.5 Å². The van der Waals surface area contributed by atoms with E-state index < -0.39 is 0 Å². The fourth-order valence-electron chi connectivity index (χ4n) is 3.00. The lowest BCUT2D eigenvalue weighted by Gasteiger charge is -2.43. The highest BCUT2D eigenvalue weighted by Crippen LogP contribution is 2.45. The van der Waals surface area contributed by atoms with Gasteiger partial charge in [0.2, 0.25) is 5.91 Å². The molecule has 0 radical (unpaired) electrons. The van der Waals surface area contributed by atoms with Crippen molar-refractivity contribution in [2.75, 3.05) is 34.2 Å². The van der Waals surface area contributed by atoms with Crippen LogP contribution in [0.4, 0.5) is 0 Å². The van der Waals surface area contributed by atoms with Gasteiger partial charge in [0.05, 0.1) is 0 Å². The molecule has 0 atom stereocenters. The number of hydrogen-bond donors (Lipinski definition) is 2. The lowest BCUT2D eigenvalue weighted by Crippen LogP contribution is -2.47. The molecule has 5 nitrogen and oxygen atoms in total. The largest absolute Gasteiger partial charge is 0.356 e. The summed E-state index contributed by atoms with van der Waals surface area (Å²) in [5.74, 6) is 1.67. The molecule has 1 amide bonds. The number of carbonyl (C=O) groups is 1. The highest BCUT2D eigenvalue weighted by molar-refractivity contribution is 14.0. The summed E-state index contributed by atoms with van der Waals surface area (Å²) in [5.41, 5.74) is 0.450. The zero-order valence-corrected chi connectivity index (χ0v) is 17.1. The molecular formula is C16H33IN4O. The van der Waals surface area contributed by atoms with Gasteiger partial charge < -0.3 is 15.5 Å². The molecule has 1 aliphatic rings. The molecule has 2 N–H and O–H groups in total. The van der Waals surface area contributed by atoms with Crippen molar-refractivity contribution in [3.05, 3.63) is 0 Å². The summed E-state index contributed by atoms with van der Waals surface area (Å²) in [6.07, 6.45) is 5.74. The predicted molar refractivity (Wildman–Crippen MR) is 104 cm³/mol. The van der Waals surface area contributed by atoms with E-state index in [0.29, 0.717) is 18.4 Å². The number of hydrogen-bond acceptors (Lipinski definition) is 2. The van der Waals surface area contributed by atoms with Gasteiger partial charge >= 0.3 is 0 Å². The lowest BCUT2D eigenvalue weighted by atomic mass is 9.64. The Morgan fingerprint density at radius 2 is 1.91 bits per heavy atom. The van der Waals surface area contributed by atoms with E-state index in [1.807, 2.05) is 0 Å². The molecule has 0 unspecified atom stereocenters. The minimum absolute atomic E-state index is 0. The molecule has 0 aromatic rings. The third-order valence-electron chi connectivity index (χ3n) is 4.24. The monoisotopic (exact) mass is 424 g/mol. The molecule has 0 saturated heterocycles. The highest BCUT2D eigenvalue weighted by atomic mass is 127. The maximum absolute atomic E-state index is 11.5. The number of guanidine groups is 1. The zero-order chi connectivity index (χ0) is 15.9. The average Bonchev–Trinajstić information content (AvgIpc) is 2.38. The van der Waals surface area contributed by atoms with E-state index in [1.54, 1.807) is 26.0 Å². The summed E-state index contributed by atoms with van der Waals surface area (Å²) < 4.78 is 0. The Hall–Kier alpha value is -0.530. The van der Waals surface area contributed by atoms with Crippen LogP contribution in [0.15, 0.2) is 4.99 Å². The van der Waals surface area contributed by atoms with Crippen LogP contribution in [0.2, 0.25) is 0 Å². The van der Waals surface area contributed by atoms with Gasteiger partial charge in [-0.25, -0.2) is 0 Å². The molecule has 0 spiro atoms. The van der Waals surface area contributed by atoms with E-state index in [2.05, 4.69) is 29.5 Å². The van der Waals surface area contributed by atoms with Crippen molar-refractivity contribution in [1.29, 1.82) is 0 Å². The highest BCUT2D eigenvalue weighted by Gasteiger charge is 2.37. The van der Waals surface area contributed by atoms with Crippen molar-refractivity contribution in [3.8, 4) is 0 Å². The quantitative estimate of drug-likeness (QED) is 0.375. The second kappa shape index (κ2) is 10.3. The number of halogens is 1. The zero-order valence-electron chi connectivity index (χ0n) is 14.7. The fourth-order valence-corrected chi connectivity index (χ4v) is 3.00. The van der Waals surface area contributed by atoms with Crippen LogP contribution in [0.5, 0.6) is 0 Å². The van der Waals surface area contributed by atoms with Gasteiger partial charge in [-0.05, 0) is 30.6 Å². The van der Waals surface area contributed by atoms with Crippen LogP contribution in [0, 0.1) is 11.3 Å². The van der Waals surface area contributed by atoms with Crippen molar-refractivity contribution < 1.29 is 4.79 Å². The number of nitrogens with zero attached hydrogens (tertiary/aromatic N) is 2. The summed E-state index contributed by atoms with van der Waals surface area (Å²) in [4.78, 5) is 17.4. The van der Waals surface area contributed by atoms with Crippen molar-refractivity contribution in [3.63, 3.8) is 0 Å². The lowest BCUT2D eigenvalue weighted by molar-refractivity contribution is -0.128. The van der Waals surface area contributed by atoms with Crippen LogP contribution in [-0.4, -0.2) is 51.0 Å². The standard InChI is InChI=1S/C16H32N4O.HI/c1-13(2)11-16(8-6-9-16)12-19-15(17-3)18-10-7-14(21)20(4)5;/h13H,6-12H2,1-5H3,(H2,17,18,19);1H. The smallest absolute Gasteiger partial charge is 0.223 e. The summed E-state index contributed by atoms with van der Waals surface area (Å²) in [5, 5.41) is 6.66. The van der Waals surface area contributed by atoms with Gasteiger partial charge in [-0.1, -0.05) is 20.3 Å². The average molecular weight is 424 g/mol. The number of nitrogens with one attached hydrogen (secondary N) is 2. The third-order valence-corrected chi connectivity index (χ3v) is 4.24. The molecule has 1 fully saturated rings. The number of rotatable bonds is 7. The molecule has 0 aliphatic heterocycles. The first-order chi connectivity index (χ1) is 9.88. The Kier molecular flexibility index (Phi) is 10.0. The van der Waals surface area contributed by atoms with E-state index in [1.165, 1.54) is 25.7 Å². The van der Waals surface area contributed by atoms with Gasteiger partial charge in [0.1, 0.15) is 0 Å². The first-order valence-electron chi connectivity index (χ1n) is 8.03. The SMILES string of the molecule is CN=C(NCCC(=O)N(C)C)NCC1(CC(C)C)CCC1.I. The Morgan fingerprint density at radius 1 is 1.27 bits per heavy atom. The Balaban J connectivity index is 0.00000441. The summed E-state index contributed by atoms with van der Waals surface area (Å²) in [6.45, 7) is 6.18. The number of amides is 1. The van der Waals surface area contributed by atoms with Crippen molar-refractivity contribution in [2.24, 2.45) is 16.3 Å². The molecule has 0 heterocycles. The van der Waals surface area contributed by atoms with Crippen LogP contribution in [0.3, 0.4) is 0 Å². The second-order valence-electron chi connectivity index (χ2n) is 6.84. The Labute approximate surface area is 152 Å². The second-order valence-corrected chi connectivity index (χ2v) is 6.84. The number of aliphatic imine (C=N–C) groups is 1. The van der Waals surface area contributed by atoms with Crippen LogP contribution in [-0.2, 0) is 4.79 Å². The van der Waals surface area contributed by atoms with Gasteiger partial charge in [0.15, 0.2) is 5.96 Å². The van der Waals surface area contributed by atoms with E-state index >= 15 is 0 Å². The molecule has 1 aliphatic carbocycles. The Bertz CT molecular complexity index is 365. The van der Waals surface area contributed by atoms with E-state index in [0.717, 1.165) is 18.4 Å². The van der Waals surface area contributed by atoms with Gasteiger partial charge in [0.25, 0.3) is 0 Å². The summed E-state index contributed by atoms with van der Waals surface area (Å²) >= 11 is 0. The van der Waals surface area contributed by atoms with Crippen molar-refractivity contribution in [2.45, 2.75) is 46.0 Å². The van der Waals surface area contributed by atoms with Crippen molar-refractivity contribution >= 4 is 35.8 Å². The van der Waals surface area contributed by atoms with Crippen LogP contribution >= 0.6 is 24.0 Å².